The minimum Gasteiger partial charge on any atom is -0.492 e. The van der Waals surface area contributed by atoms with E-state index < -0.39 is 5.91 Å². The molecule has 0 saturated carbocycles. The van der Waals surface area contributed by atoms with Crippen LogP contribution in [0, 0.1) is 11.3 Å². The van der Waals surface area contributed by atoms with Gasteiger partial charge >= 0.3 is 0 Å². The van der Waals surface area contributed by atoms with E-state index in [1.54, 1.807) is 12.3 Å². The van der Waals surface area contributed by atoms with Gasteiger partial charge in [-0.3, -0.25) is 4.79 Å². The summed E-state index contributed by atoms with van der Waals surface area (Å²) in [6.07, 6.45) is 6.05. The molecule has 7 heteroatoms. The SMILES string of the molecule is CCCC(NC(=O)/C(C#N)=C/c1ccncn1)c1ccc(OCCNC)cc1. The van der Waals surface area contributed by atoms with Crippen molar-refractivity contribution < 1.29 is 9.53 Å². The molecule has 0 saturated heterocycles. The predicted molar refractivity (Wildman–Crippen MR) is 107 cm³/mol. The maximum absolute atomic E-state index is 12.6. The first-order chi connectivity index (χ1) is 13.7. The summed E-state index contributed by atoms with van der Waals surface area (Å²) >= 11 is 0. The Kier molecular flexibility index (Phi) is 8.63. The van der Waals surface area contributed by atoms with Crippen LogP contribution in [0.5, 0.6) is 5.75 Å². The number of ether oxygens (including phenoxy) is 1. The van der Waals surface area contributed by atoms with Gasteiger partial charge in [-0.2, -0.15) is 5.26 Å². The van der Waals surface area contributed by atoms with Gasteiger partial charge in [0.25, 0.3) is 5.91 Å². The maximum atomic E-state index is 12.6. The quantitative estimate of drug-likeness (QED) is 0.374. The van der Waals surface area contributed by atoms with Crippen LogP contribution in [0.4, 0.5) is 0 Å². The summed E-state index contributed by atoms with van der Waals surface area (Å²) in [5.74, 6) is 0.357. The summed E-state index contributed by atoms with van der Waals surface area (Å²) in [4.78, 5) is 20.5. The molecule has 1 atom stereocenters. The van der Waals surface area contributed by atoms with Crippen LogP contribution < -0.4 is 15.4 Å². The summed E-state index contributed by atoms with van der Waals surface area (Å²) in [7, 11) is 1.87. The second kappa shape index (κ2) is 11.5. The molecular weight excluding hydrogens is 354 g/mol. The highest BCUT2D eigenvalue weighted by Gasteiger charge is 2.17. The van der Waals surface area contributed by atoms with Gasteiger partial charge in [-0.15, -0.1) is 0 Å². The van der Waals surface area contributed by atoms with Crippen molar-refractivity contribution in [1.82, 2.24) is 20.6 Å². The number of nitrogens with one attached hydrogen (secondary N) is 2. The Balaban J connectivity index is 2.09. The topological polar surface area (TPSA) is 99.9 Å². The monoisotopic (exact) mass is 379 g/mol. The molecule has 0 radical (unpaired) electrons. The molecule has 0 aliphatic carbocycles. The molecule has 0 fully saturated rings. The van der Waals surface area contributed by atoms with Crippen LogP contribution in [-0.2, 0) is 4.79 Å². The summed E-state index contributed by atoms with van der Waals surface area (Å²) in [5, 5.41) is 15.3. The molecule has 1 aromatic heterocycles. The average molecular weight is 379 g/mol. The van der Waals surface area contributed by atoms with E-state index in [-0.39, 0.29) is 11.6 Å². The lowest BCUT2D eigenvalue weighted by Crippen LogP contribution is -2.29. The molecule has 1 unspecified atom stereocenters. The number of rotatable bonds is 10. The molecule has 0 aliphatic heterocycles. The summed E-state index contributed by atoms with van der Waals surface area (Å²) < 4.78 is 5.63. The van der Waals surface area contributed by atoms with E-state index in [2.05, 4.69) is 27.5 Å². The van der Waals surface area contributed by atoms with E-state index in [1.807, 2.05) is 37.4 Å². The molecule has 0 bridgehead atoms. The van der Waals surface area contributed by atoms with Crippen molar-refractivity contribution in [3.63, 3.8) is 0 Å². The van der Waals surface area contributed by atoms with Crippen LogP contribution in [0.3, 0.4) is 0 Å². The molecule has 2 N–H and O–H groups in total. The van der Waals surface area contributed by atoms with Crippen molar-refractivity contribution in [2.75, 3.05) is 20.2 Å². The number of nitrogens with zero attached hydrogens (tertiary/aromatic N) is 3. The van der Waals surface area contributed by atoms with Crippen LogP contribution in [-0.4, -0.2) is 36.1 Å². The lowest BCUT2D eigenvalue weighted by molar-refractivity contribution is -0.117. The minimum absolute atomic E-state index is 0.00632. The van der Waals surface area contributed by atoms with Crippen molar-refractivity contribution in [2.45, 2.75) is 25.8 Å². The van der Waals surface area contributed by atoms with Crippen LogP contribution >= 0.6 is 0 Å². The van der Waals surface area contributed by atoms with E-state index in [0.717, 1.165) is 30.7 Å². The minimum atomic E-state index is -0.422. The first-order valence-electron chi connectivity index (χ1n) is 9.24. The number of nitriles is 1. The van der Waals surface area contributed by atoms with Gasteiger partial charge in [0.2, 0.25) is 0 Å². The number of amides is 1. The first kappa shape index (κ1) is 21.1. The largest absolute Gasteiger partial charge is 0.492 e. The highest BCUT2D eigenvalue weighted by atomic mass is 16.5. The highest BCUT2D eigenvalue weighted by molar-refractivity contribution is 6.01. The van der Waals surface area contributed by atoms with Gasteiger partial charge < -0.3 is 15.4 Å². The summed E-state index contributed by atoms with van der Waals surface area (Å²) in [6, 6.07) is 11.1. The van der Waals surface area contributed by atoms with Gasteiger partial charge in [0.05, 0.1) is 11.7 Å². The normalized spacial score (nSPS) is 12.1. The molecule has 1 aromatic carbocycles. The first-order valence-corrected chi connectivity index (χ1v) is 9.24. The molecule has 7 nitrogen and oxygen atoms in total. The fraction of sp³-hybridized carbons (Fsp3) is 0.333. The number of likely N-dealkylation sites (N-methyl/N-ethyl adjacent to an activating group) is 1. The zero-order chi connectivity index (χ0) is 20.2. The Morgan fingerprint density at radius 1 is 1.32 bits per heavy atom. The van der Waals surface area contributed by atoms with Crippen molar-refractivity contribution in [3.8, 4) is 11.8 Å². The molecular formula is C21H25N5O2. The number of carbonyl (C=O) groups excluding carboxylic acids is 1. The summed E-state index contributed by atoms with van der Waals surface area (Å²) in [5.41, 5.74) is 1.49. The van der Waals surface area contributed by atoms with Gasteiger partial charge in [-0.05, 0) is 43.3 Å². The fourth-order valence-corrected chi connectivity index (χ4v) is 2.60. The Hall–Kier alpha value is -3.24. The van der Waals surface area contributed by atoms with Gasteiger partial charge in [0.1, 0.15) is 30.3 Å². The molecule has 146 valence electrons. The van der Waals surface area contributed by atoms with E-state index in [9.17, 15) is 10.1 Å². The van der Waals surface area contributed by atoms with Crippen LogP contribution in [0.25, 0.3) is 6.08 Å². The van der Waals surface area contributed by atoms with Crippen molar-refractivity contribution in [1.29, 1.82) is 5.26 Å². The van der Waals surface area contributed by atoms with Crippen LogP contribution in [0.15, 0.2) is 48.4 Å². The highest BCUT2D eigenvalue weighted by Crippen LogP contribution is 2.22. The van der Waals surface area contributed by atoms with Gasteiger partial charge in [-0.1, -0.05) is 25.5 Å². The van der Waals surface area contributed by atoms with E-state index >= 15 is 0 Å². The Bertz CT molecular complexity index is 813. The third-order valence-electron chi connectivity index (χ3n) is 4.05. The Morgan fingerprint density at radius 2 is 2.11 bits per heavy atom. The lowest BCUT2D eigenvalue weighted by atomic mass is 10.0. The average Bonchev–Trinajstić information content (AvgIpc) is 2.73. The van der Waals surface area contributed by atoms with Gasteiger partial charge in [0, 0.05) is 12.7 Å². The maximum Gasteiger partial charge on any atom is 0.262 e. The molecule has 28 heavy (non-hydrogen) atoms. The van der Waals surface area contributed by atoms with Gasteiger partial charge in [0.15, 0.2) is 0 Å². The van der Waals surface area contributed by atoms with E-state index in [1.165, 1.54) is 12.4 Å². The molecule has 0 aliphatic rings. The molecule has 1 amide bonds. The summed E-state index contributed by atoms with van der Waals surface area (Å²) in [6.45, 7) is 3.41. The standard InChI is InChI=1S/C21H25N5O2/c1-3-4-20(16-5-7-19(8-6-16)28-12-11-23-2)26-21(27)17(14-22)13-18-9-10-24-15-25-18/h5-10,13,15,20,23H,3-4,11-12H2,1-2H3,(H,26,27)/b17-13+. The number of hydrogen-bond donors (Lipinski definition) is 2. The fourth-order valence-electron chi connectivity index (χ4n) is 2.60. The van der Waals surface area contributed by atoms with Crippen LogP contribution in [0.2, 0.25) is 0 Å². The number of carbonyl (C=O) groups is 1. The van der Waals surface area contributed by atoms with Crippen LogP contribution in [0.1, 0.15) is 37.1 Å². The number of aromatic nitrogens is 2. The zero-order valence-corrected chi connectivity index (χ0v) is 16.2. The zero-order valence-electron chi connectivity index (χ0n) is 16.2. The third kappa shape index (κ3) is 6.49. The van der Waals surface area contributed by atoms with Gasteiger partial charge in [-0.25, -0.2) is 9.97 Å². The molecule has 0 spiro atoms. The van der Waals surface area contributed by atoms with Crippen molar-refractivity contribution in [2.24, 2.45) is 0 Å². The number of benzene rings is 1. The lowest BCUT2D eigenvalue weighted by Gasteiger charge is -2.19. The van der Waals surface area contributed by atoms with E-state index in [0.29, 0.717) is 12.3 Å². The molecule has 2 rings (SSSR count). The smallest absolute Gasteiger partial charge is 0.262 e. The predicted octanol–water partition coefficient (Wildman–Crippen LogP) is 2.64. The third-order valence-corrected chi connectivity index (χ3v) is 4.05. The van der Waals surface area contributed by atoms with Crippen molar-refractivity contribution in [3.05, 3.63) is 59.7 Å². The molecule has 2 aromatic rings. The Morgan fingerprint density at radius 3 is 2.71 bits per heavy atom. The number of hydrogen-bond acceptors (Lipinski definition) is 6. The van der Waals surface area contributed by atoms with Crippen molar-refractivity contribution >= 4 is 12.0 Å². The van der Waals surface area contributed by atoms with E-state index in [4.69, 9.17) is 4.74 Å². The molecule has 1 heterocycles. The second-order valence-electron chi connectivity index (χ2n) is 6.14. The second-order valence-corrected chi connectivity index (χ2v) is 6.14. The Labute approximate surface area is 165 Å².